The lowest BCUT2D eigenvalue weighted by Gasteiger charge is -2.53. The number of fused-ring (bicyclic) bond motifs is 3. The fourth-order valence-corrected chi connectivity index (χ4v) is 4.22. The molecule has 0 aliphatic carbocycles. The molecule has 0 aromatic heterocycles. The Bertz CT molecular complexity index is 955. The summed E-state index contributed by atoms with van der Waals surface area (Å²) in [5, 5.41) is 0. The second-order valence-electron chi connectivity index (χ2n) is 8.22. The van der Waals surface area contributed by atoms with Crippen molar-refractivity contribution in [2.24, 2.45) is 0 Å². The Morgan fingerprint density at radius 3 is 1.75 bits per heavy atom. The Labute approximate surface area is 188 Å². The minimum Gasteiger partial charge on any atom is -0.368 e. The highest BCUT2D eigenvalue weighted by Crippen LogP contribution is 2.39. The highest BCUT2D eigenvalue weighted by molar-refractivity contribution is 5.16. The van der Waals surface area contributed by atoms with Crippen molar-refractivity contribution in [3.05, 3.63) is 108 Å². The maximum atomic E-state index is 6.44. The van der Waals surface area contributed by atoms with Crippen molar-refractivity contribution in [3.63, 3.8) is 0 Å². The van der Waals surface area contributed by atoms with Gasteiger partial charge in [0.1, 0.15) is 24.9 Å². The molecule has 3 saturated heterocycles. The summed E-state index contributed by atoms with van der Waals surface area (Å²) in [5.41, 5.74) is 3.27. The first kappa shape index (κ1) is 21.3. The molecule has 32 heavy (non-hydrogen) atoms. The van der Waals surface area contributed by atoms with Crippen LogP contribution in [0.15, 0.2) is 91.0 Å². The van der Waals surface area contributed by atoms with Crippen LogP contribution >= 0.6 is 0 Å². The zero-order valence-corrected chi connectivity index (χ0v) is 18.0. The van der Waals surface area contributed by atoms with Gasteiger partial charge in [-0.25, -0.2) is 0 Å². The lowest BCUT2D eigenvalue weighted by Crippen LogP contribution is -2.70. The molecule has 3 heterocycles. The molecule has 4 atom stereocenters. The maximum Gasteiger partial charge on any atom is 0.222 e. The lowest BCUT2D eigenvalue weighted by atomic mass is 9.93. The standard InChI is InChI=1S/C27H28O5/c1-4-10-21(11-5-1)16-28-25-24-19-32-27(20-30-24,31-18-23-14-8-3-9-15-23)26(25)29-17-22-12-6-2-7-13-22/h1-15,24-26H,16-20H2/t24-,25+,26-,27?/m0/s1. The Hall–Kier alpha value is -2.54. The first-order valence-corrected chi connectivity index (χ1v) is 11.1. The zero-order chi connectivity index (χ0) is 21.6. The van der Waals surface area contributed by atoms with Gasteiger partial charge in [0.2, 0.25) is 5.79 Å². The van der Waals surface area contributed by atoms with Crippen LogP contribution in [-0.4, -0.2) is 37.3 Å². The summed E-state index contributed by atoms with van der Waals surface area (Å²) in [5.74, 6) is -1.01. The van der Waals surface area contributed by atoms with Gasteiger partial charge in [0, 0.05) is 0 Å². The Kier molecular flexibility index (Phi) is 6.62. The van der Waals surface area contributed by atoms with E-state index in [9.17, 15) is 0 Å². The summed E-state index contributed by atoms with van der Waals surface area (Å²) in [6, 6.07) is 30.3. The van der Waals surface area contributed by atoms with E-state index in [0.717, 1.165) is 16.7 Å². The van der Waals surface area contributed by atoms with E-state index in [1.165, 1.54) is 0 Å². The monoisotopic (exact) mass is 432 g/mol. The van der Waals surface area contributed by atoms with E-state index in [-0.39, 0.29) is 12.2 Å². The number of rotatable bonds is 9. The van der Waals surface area contributed by atoms with Gasteiger partial charge in [0.25, 0.3) is 0 Å². The predicted molar refractivity (Wildman–Crippen MR) is 120 cm³/mol. The van der Waals surface area contributed by atoms with E-state index in [1.807, 2.05) is 66.7 Å². The molecule has 0 radical (unpaired) electrons. The average Bonchev–Trinajstić information content (AvgIpc) is 2.88. The molecule has 3 aromatic rings. The topological polar surface area (TPSA) is 46.2 Å². The van der Waals surface area contributed by atoms with E-state index in [1.54, 1.807) is 0 Å². The molecule has 1 unspecified atom stereocenters. The zero-order valence-electron chi connectivity index (χ0n) is 18.0. The van der Waals surface area contributed by atoms with Crippen LogP contribution in [0.1, 0.15) is 16.7 Å². The van der Waals surface area contributed by atoms with E-state index >= 15 is 0 Å². The van der Waals surface area contributed by atoms with E-state index < -0.39 is 11.9 Å². The molecular weight excluding hydrogens is 404 g/mol. The fourth-order valence-electron chi connectivity index (χ4n) is 4.22. The van der Waals surface area contributed by atoms with Gasteiger partial charge in [-0.15, -0.1) is 0 Å². The molecule has 3 aliphatic rings. The SMILES string of the molecule is c1ccc(CO[C@@H]2[C@@H]3COC(OCc4ccccc4)(CO3)[C@H]2OCc2ccccc2)cc1. The van der Waals surface area contributed by atoms with Gasteiger partial charge in [0.15, 0.2) is 0 Å². The molecule has 2 bridgehead atoms. The third kappa shape index (κ3) is 4.77. The maximum absolute atomic E-state index is 6.44. The Morgan fingerprint density at radius 1 is 0.688 bits per heavy atom. The second-order valence-corrected chi connectivity index (χ2v) is 8.22. The molecule has 3 aliphatic heterocycles. The van der Waals surface area contributed by atoms with Crippen molar-refractivity contribution in [1.29, 1.82) is 0 Å². The van der Waals surface area contributed by atoms with Crippen molar-refractivity contribution in [2.75, 3.05) is 13.2 Å². The summed E-state index contributed by atoms with van der Waals surface area (Å²) in [6.07, 6.45) is -0.901. The van der Waals surface area contributed by atoms with Gasteiger partial charge in [-0.3, -0.25) is 0 Å². The third-order valence-corrected chi connectivity index (χ3v) is 5.97. The van der Waals surface area contributed by atoms with E-state index in [2.05, 4.69) is 24.3 Å². The molecule has 5 heteroatoms. The molecule has 5 nitrogen and oxygen atoms in total. The molecule has 0 saturated carbocycles. The smallest absolute Gasteiger partial charge is 0.222 e. The van der Waals surface area contributed by atoms with Crippen LogP contribution in [-0.2, 0) is 43.5 Å². The van der Waals surface area contributed by atoms with Gasteiger partial charge in [-0.05, 0) is 16.7 Å². The van der Waals surface area contributed by atoms with Crippen molar-refractivity contribution >= 4 is 0 Å². The Balaban J connectivity index is 1.35. The average molecular weight is 433 g/mol. The third-order valence-electron chi connectivity index (χ3n) is 5.97. The molecule has 0 N–H and O–H groups in total. The van der Waals surface area contributed by atoms with Gasteiger partial charge >= 0.3 is 0 Å². The first-order valence-electron chi connectivity index (χ1n) is 11.1. The number of ether oxygens (including phenoxy) is 5. The number of hydrogen-bond acceptors (Lipinski definition) is 5. The second kappa shape index (κ2) is 9.94. The lowest BCUT2D eigenvalue weighted by molar-refractivity contribution is -0.413. The van der Waals surface area contributed by atoms with Gasteiger partial charge < -0.3 is 23.7 Å². The van der Waals surface area contributed by atoms with Crippen LogP contribution in [0, 0.1) is 0 Å². The van der Waals surface area contributed by atoms with Crippen LogP contribution in [0.3, 0.4) is 0 Å². The van der Waals surface area contributed by atoms with E-state index in [4.69, 9.17) is 23.7 Å². The number of hydrogen-bond donors (Lipinski definition) is 0. The molecule has 166 valence electrons. The molecule has 0 amide bonds. The van der Waals surface area contributed by atoms with Crippen LogP contribution in [0.4, 0.5) is 0 Å². The first-order chi connectivity index (χ1) is 15.8. The minimum absolute atomic E-state index is 0.193. The van der Waals surface area contributed by atoms with Crippen molar-refractivity contribution in [2.45, 2.75) is 43.9 Å². The van der Waals surface area contributed by atoms with Crippen molar-refractivity contribution in [1.82, 2.24) is 0 Å². The number of benzene rings is 3. The summed E-state index contributed by atoms with van der Waals surface area (Å²) in [7, 11) is 0. The minimum atomic E-state index is -1.01. The van der Waals surface area contributed by atoms with Crippen molar-refractivity contribution < 1.29 is 23.7 Å². The summed E-state index contributed by atoms with van der Waals surface area (Å²) in [6.45, 7) is 2.06. The van der Waals surface area contributed by atoms with Crippen molar-refractivity contribution in [3.8, 4) is 0 Å². The van der Waals surface area contributed by atoms with Gasteiger partial charge in [-0.1, -0.05) is 91.0 Å². The van der Waals surface area contributed by atoms with Crippen LogP contribution in [0.25, 0.3) is 0 Å². The molecule has 3 aromatic carbocycles. The molecule has 3 fully saturated rings. The molecule has 6 rings (SSSR count). The highest BCUT2D eigenvalue weighted by atomic mass is 16.8. The Morgan fingerprint density at radius 2 is 1.22 bits per heavy atom. The van der Waals surface area contributed by atoms with Crippen LogP contribution in [0.5, 0.6) is 0 Å². The van der Waals surface area contributed by atoms with E-state index in [0.29, 0.717) is 33.0 Å². The largest absolute Gasteiger partial charge is 0.368 e. The summed E-state index contributed by atoms with van der Waals surface area (Å²) >= 11 is 0. The summed E-state index contributed by atoms with van der Waals surface area (Å²) in [4.78, 5) is 0. The van der Waals surface area contributed by atoms with Gasteiger partial charge in [-0.2, -0.15) is 0 Å². The summed E-state index contributed by atoms with van der Waals surface area (Å²) < 4.78 is 31.5. The highest BCUT2D eigenvalue weighted by Gasteiger charge is 2.58. The molecular formula is C27H28O5. The fraction of sp³-hybridized carbons (Fsp3) is 0.333. The van der Waals surface area contributed by atoms with Gasteiger partial charge in [0.05, 0.1) is 26.4 Å². The normalized spacial score (nSPS) is 26.8. The van der Waals surface area contributed by atoms with Crippen LogP contribution in [0.2, 0.25) is 0 Å². The quantitative estimate of drug-likeness (QED) is 0.498. The molecule has 0 spiro atoms. The predicted octanol–water partition coefficient (Wildman–Crippen LogP) is 4.50. The van der Waals surface area contributed by atoms with Crippen LogP contribution < -0.4 is 0 Å².